The van der Waals surface area contributed by atoms with Crippen molar-refractivity contribution in [3.05, 3.63) is 46.2 Å². The second-order valence-corrected chi connectivity index (χ2v) is 4.72. The lowest BCUT2D eigenvalue weighted by atomic mass is 10.2. The van der Waals surface area contributed by atoms with Crippen LogP contribution in [0.2, 0.25) is 5.02 Å². The van der Waals surface area contributed by atoms with Gasteiger partial charge in [-0.3, -0.25) is 9.48 Å². The molecule has 0 unspecified atom stereocenters. The maximum Gasteiger partial charge on any atom is 0.271 e. The van der Waals surface area contributed by atoms with Crippen LogP contribution in [0, 0.1) is 6.92 Å². The number of carbonyl (C=O) groups is 1. The molecule has 100 valence electrons. The minimum atomic E-state index is -0.240. The van der Waals surface area contributed by atoms with Gasteiger partial charge in [0.1, 0.15) is 5.69 Å². The Morgan fingerprint density at radius 3 is 2.58 bits per heavy atom. The summed E-state index contributed by atoms with van der Waals surface area (Å²) in [6, 6.07) is 7.29. The van der Waals surface area contributed by atoms with Gasteiger partial charge in [-0.2, -0.15) is 5.10 Å². The average molecular weight is 279 g/mol. The lowest BCUT2D eigenvalue weighted by Crippen LogP contribution is -2.26. The summed E-state index contributed by atoms with van der Waals surface area (Å²) in [5.41, 5.74) is 8.25. The molecule has 19 heavy (non-hydrogen) atoms. The monoisotopic (exact) mass is 278 g/mol. The van der Waals surface area contributed by atoms with Gasteiger partial charge in [-0.25, -0.2) is 0 Å². The molecule has 0 spiro atoms. The molecule has 2 rings (SSSR count). The number of carbonyl (C=O) groups excluding carboxylic acids is 1. The van der Waals surface area contributed by atoms with Crippen molar-refractivity contribution >= 4 is 23.2 Å². The quantitative estimate of drug-likeness (QED) is 0.900. The number of amides is 1. The summed E-state index contributed by atoms with van der Waals surface area (Å²) in [5.74, 6) is -0.240. The van der Waals surface area contributed by atoms with Crippen LogP contribution in [0.5, 0.6) is 0 Å². The number of aromatic nitrogens is 2. The standard InChI is InChI=1S/C13H15ClN4O/c1-8-11(15)12(18(2)17-8)13(19)16-7-9-3-5-10(14)6-4-9/h3-6H,7,15H2,1-2H3,(H,16,19). The van der Waals surface area contributed by atoms with Crippen LogP contribution in [0.1, 0.15) is 21.7 Å². The van der Waals surface area contributed by atoms with Gasteiger partial charge in [0.05, 0.1) is 11.4 Å². The van der Waals surface area contributed by atoms with Gasteiger partial charge in [0.25, 0.3) is 5.91 Å². The first kappa shape index (κ1) is 13.4. The molecule has 1 aromatic heterocycles. The van der Waals surface area contributed by atoms with Crippen molar-refractivity contribution in [2.24, 2.45) is 7.05 Å². The first-order valence-corrected chi connectivity index (χ1v) is 6.18. The van der Waals surface area contributed by atoms with Crippen molar-refractivity contribution in [2.75, 3.05) is 5.73 Å². The smallest absolute Gasteiger partial charge is 0.271 e. The molecule has 1 heterocycles. The fourth-order valence-electron chi connectivity index (χ4n) is 1.81. The summed E-state index contributed by atoms with van der Waals surface area (Å²) in [4.78, 5) is 12.1. The highest BCUT2D eigenvalue weighted by Gasteiger charge is 2.17. The first-order chi connectivity index (χ1) is 8.99. The number of aryl methyl sites for hydroxylation is 2. The molecule has 0 saturated heterocycles. The van der Waals surface area contributed by atoms with E-state index >= 15 is 0 Å². The van der Waals surface area contributed by atoms with Gasteiger partial charge in [-0.05, 0) is 24.6 Å². The lowest BCUT2D eigenvalue weighted by Gasteiger charge is -2.06. The Balaban J connectivity index is 2.07. The number of rotatable bonds is 3. The predicted molar refractivity (Wildman–Crippen MR) is 75.0 cm³/mol. The van der Waals surface area contributed by atoms with Crippen molar-refractivity contribution in [2.45, 2.75) is 13.5 Å². The van der Waals surface area contributed by atoms with Crippen LogP contribution >= 0.6 is 11.6 Å². The number of hydrogen-bond acceptors (Lipinski definition) is 3. The molecule has 3 N–H and O–H groups in total. The molecule has 0 radical (unpaired) electrons. The van der Waals surface area contributed by atoms with E-state index in [-0.39, 0.29) is 5.91 Å². The zero-order valence-corrected chi connectivity index (χ0v) is 11.5. The molecule has 0 saturated carbocycles. The molecule has 6 heteroatoms. The maximum atomic E-state index is 12.1. The van der Waals surface area contributed by atoms with E-state index in [1.807, 2.05) is 12.1 Å². The highest BCUT2D eigenvalue weighted by Crippen LogP contribution is 2.15. The second-order valence-electron chi connectivity index (χ2n) is 4.28. The van der Waals surface area contributed by atoms with Gasteiger partial charge >= 0.3 is 0 Å². The second kappa shape index (κ2) is 5.32. The van der Waals surface area contributed by atoms with E-state index in [1.165, 1.54) is 4.68 Å². The van der Waals surface area contributed by atoms with Crippen LogP contribution in [0.15, 0.2) is 24.3 Å². The first-order valence-electron chi connectivity index (χ1n) is 5.80. The van der Waals surface area contributed by atoms with E-state index in [4.69, 9.17) is 17.3 Å². The van der Waals surface area contributed by atoms with Crippen LogP contribution in [-0.2, 0) is 13.6 Å². The van der Waals surface area contributed by atoms with E-state index < -0.39 is 0 Å². The van der Waals surface area contributed by atoms with Gasteiger partial charge in [0.15, 0.2) is 0 Å². The predicted octanol–water partition coefficient (Wildman–Crippen LogP) is 1.89. The summed E-state index contributed by atoms with van der Waals surface area (Å²) in [6.45, 7) is 2.19. The minimum Gasteiger partial charge on any atom is -0.395 e. The van der Waals surface area contributed by atoms with Crippen molar-refractivity contribution in [3.63, 3.8) is 0 Å². The average Bonchev–Trinajstić information content (AvgIpc) is 2.62. The van der Waals surface area contributed by atoms with E-state index in [0.717, 1.165) is 5.56 Å². The number of halogens is 1. The SMILES string of the molecule is Cc1nn(C)c(C(=O)NCc2ccc(Cl)cc2)c1N. The van der Waals surface area contributed by atoms with Gasteiger partial charge in [0.2, 0.25) is 0 Å². The molecule has 5 nitrogen and oxygen atoms in total. The van der Waals surface area contributed by atoms with Gasteiger partial charge < -0.3 is 11.1 Å². The number of nitrogens with two attached hydrogens (primary N) is 1. The van der Waals surface area contributed by atoms with Crippen LogP contribution in [-0.4, -0.2) is 15.7 Å². The zero-order chi connectivity index (χ0) is 14.0. The molecule has 0 bridgehead atoms. The maximum absolute atomic E-state index is 12.1. The molecule has 0 aliphatic rings. The number of nitrogen functional groups attached to an aromatic ring is 1. The summed E-state index contributed by atoms with van der Waals surface area (Å²) in [6.07, 6.45) is 0. The van der Waals surface area contributed by atoms with Crippen molar-refractivity contribution < 1.29 is 4.79 Å². The highest BCUT2D eigenvalue weighted by molar-refractivity contribution is 6.30. The van der Waals surface area contributed by atoms with E-state index in [0.29, 0.717) is 28.6 Å². The third-order valence-corrected chi connectivity index (χ3v) is 3.10. The Hall–Kier alpha value is -2.01. The Labute approximate surface area is 116 Å². The number of anilines is 1. The van der Waals surface area contributed by atoms with Crippen LogP contribution in [0.25, 0.3) is 0 Å². The Morgan fingerprint density at radius 2 is 2.05 bits per heavy atom. The number of nitrogens with one attached hydrogen (secondary N) is 1. The summed E-state index contributed by atoms with van der Waals surface area (Å²) >= 11 is 5.80. The largest absolute Gasteiger partial charge is 0.395 e. The minimum absolute atomic E-state index is 0.240. The van der Waals surface area contributed by atoms with E-state index in [1.54, 1.807) is 26.1 Å². The molecule has 0 atom stereocenters. The number of nitrogens with zero attached hydrogens (tertiary/aromatic N) is 2. The third kappa shape index (κ3) is 2.88. The Kier molecular flexibility index (Phi) is 3.76. The van der Waals surface area contributed by atoms with E-state index in [9.17, 15) is 4.79 Å². The molecule has 0 aliphatic heterocycles. The lowest BCUT2D eigenvalue weighted by molar-refractivity contribution is 0.0942. The molecule has 1 amide bonds. The zero-order valence-electron chi connectivity index (χ0n) is 10.8. The fraction of sp³-hybridized carbons (Fsp3) is 0.231. The van der Waals surface area contributed by atoms with Crippen molar-refractivity contribution in [1.29, 1.82) is 0 Å². The van der Waals surface area contributed by atoms with Gasteiger partial charge in [-0.1, -0.05) is 23.7 Å². The topological polar surface area (TPSA) is 72.9 Å². The molecule has 1 aromatic carbocycles. The summed E-state index contributed by atoms with van der Waals surface area (Å²) in [7, 11) is 1.70. The van der Waals surface area contributed by atoms with Crippen molar-refractivity contribution in [3.8, 4) is 0 Å². The van der Waals surface area contributed by atoms with Gasteiger partial charge in [-0.15, -0.1) is 0 Å². The van der Waals surface area contributed by atoms with E-state index in [2.05, 4.69) is 10.4 Å². The van der Waals surface area contributed by atoms with Crippen molar-refractivity contribution in [1.82, 2.24) is 15.1 Å². The Morgan fingerprint density at radius 1 is 1.42 bits per heavy atom. The highest BCUT2D eigenvalue weighted by atomic mass is 35.5. The third-order valence-electron chi connectivity index (χ3n) is 2.85. The number of hydrogen-bond donors (Lipinski definition) is 2. The molecule has 0 aliphatic carbocycles. The molecular weight excluding hydrogens is 264 g/mol. The van der Waals surface area contributed by atoms with Crippen LogP contribution in [0.4, 0.5) is 5.69 Å². The summed E-state index contributed by atoms with van der Waals surface area (Å²) in [5, 5.41) is 7.59. The molecular formula is C13H15ClN4O. The summed E-state index contributed by atoms with van der Waals surface area (Å²) < 4.78 is 1.49. The number of benzene rings is 1. The molecule has 0 fully saturated rings. The molecule has 2 aromatic rings. The van der Waals surface area contributed by atoms with Gasteiger partial charge in [0, 0.05) is 18.6 Å². The van der Waals surface area contributed by atoms with Crippen LogP contribution in [0.3, 0.4) is 0 Å². The Bertz CT molecular complexity index is 604. The fourth-order valence-corrected chi connectivity index (χ4v) is 1.94. The van der Waals surface area contributed by atoms with Crippen LogP contribution < -0.4 is 11.1 Å². The normalized spacial score (nSPS) is 10.5.